The van der Waals surface area contributed by atoms with Crippen molar-refractivity contribution < 1.29 is 14.2 Å². The average molecular weight is 410 g/mol. The Hall–Kier alpha value is -2.88. The second kappa shape index (κ2) is 6.32. The standard InChI is InChI=1S/C27H27BO3/c1-13(2)16-7-19-25-20(8-16)30-22-10-18(15(5)6)12-24-27(22)28(25)26-21(29-19)9-17(14(3)4)11-23(26)31-24/h7-15H,1-6H3. The molecule has 0 unspecified atom stereocenters. The number of benzene rings is 3. The van der Waals surface area contributed by atoms with Gasteiger partial charge in [0.25, 0.3) is 6.71 Å². The van der Waals surface area contributed by atoms with E-state index in [1.54, 1.807) is 0 Å². The fraction of sp³-hybridized carbons (Fsp3) is 0.333. The Labute approximate surface area is 184 Å². The van der Waals surface area contributed by atoms with Crippen molar-refractivity contribution in [2.24, 2.45) is 0 Å². The van der Waals surface area contributed by atoms with Crippen LogP contribution in [0.1, 0.15) is 76.0 Å². The lowest BCUT2D eigenvalue weighted by Crippen LogP contribution is -2.59. The molecular formula is C27H27BO3. The fourth-order valence-electron chi connectivity index (χ4n) is 5.01. The van der Waals surface area contributed by atoms with Crippen LogP contribution in [-0.4, -0.2) is 6.71 Å². The highest BCUT2D eigenvalue weighted by Crippen LogP contribution is 2.44. The van der Waals surface area contributed by atoms with Gasteiger partial charge in [0.15, 0.2) is 0 Å². The molecule has 3 aliphatic rings. The van der Waals surface area contributed by atoms with Gasteiger partial charge in [-0.2, -0.15) is 0 Å². The van der Waals surface area contributed by atoms with Crippen molar-refractivity contribution >= 4 is 23.1 Å². The van der Waals surface area contributed by atoms with E-state index in [1.165, 1.54) is 16.7 Å². The van der Waals surface area contributed by atoms with E-state index in [1.807, 2.05) is 0 Å². The third kappa shape index (κ3) is 2.60. The molecule has 3 nitrogen and oxygen atoms in total. The summed E-state index contributed by atoms with van der Waals surface area (Å²) >= 11 is 0. The van der Waals surface area contributed by atoms with Gasteiger partial charge in [0, 0.05) is 16.4 Å². The van der Waals surface area contributed by atoms with E-state index in [4.69, 9.17) is 14.2 Å². The maximum absolute atomic E-state index is 6.53. The molecule has 0 saturated heterocycles. The van der Waals surface area contributed by atoms with Crippen LogP contribution in [0.3, 0.4) is 0 Å². The van der Waals surface area contributed by atoms with Gasteiger partial charge in [-0.3, -0.25) is 0 Å². The zero-order chi connectivity index (χ0) is 21.6. The minimum absolute atomic E-state index is 0.0832. The van der Waals surface area contributed by atoms with Gasteiger partial charge in [0.05, 0.1) is 0 Å². The van der Waals surface area contributed by atoms with Gasteiger partial charge in [-0.15, -0.1) is 0 Å². The Kier molecular flexibility index (Phi) is 3.84. The van der Waals surface area contributed by atoms with Gasteiger partial charge >= 0.3 is 0 Å². The summed E-state index contributed by atoms with van der Waals surface area (Å²) in [4.78, 5) is 0. The highest BCUT2D eigenvalue weighted by Gasteiger charge is 2.47. The Balaban J connectivity index is 1.68. The third-order valence-electron chi connectivity index (χ3n) is 6.91. The second-order valence-electron chi connectivity index (χ2n) is 10.00. The van der Waals surface area contributed by atoms with Gasteiger partial charge in [-0.1, -0.05) is 41.5 Å². The molecule has 4 heteroatoms. The van der Waals surface area contributed by atoms with Crippen molar-refractivity contribution in [2.75, 3.05) is 0 Å². The summed E-state index contributed by atoms with van der Waals surface area (Å²) in [5, 5.41) is 0. The van der Waals surface area contributed by atoms with E-state index < -0.39 is 0 Å². The normalized spacial score (nSPS) is 14.4. The van der Waals surface area contributed by atoms with Crippen molar-refractivity contribution in [1.82, 2.24) is 0 Å². The molecule has 3 heterocycles. The lowest BCUT2D eigenvalue weighted by Gasteiger charge is -2.38. The molecule has 0 spiro atoms. The summed E-state index contributed by atoms with van der Waals surface area (Å²) in [5.41, 5.74) is 7.08. The van der Waals surface area contributed by atoms with Crippen LogP contribution in [0, 0.1) is 0 Å². The SMILES string of the molecule is CC(C)c1cc2c3c(c1)Oc1cc(C(C)C)cc4c1B3c1c(cc(C(C)C)cc1O4)O2. The van der Waals surface area contributed by atoms with Crippen molar-refractivity contribution in [2.45, 2.75) is 59.3 Å². The largest absolute Gasteiger partial charge is 0.458 e. The lowest BCUT2D eigenvalue weighted by molar-refractivity contribution is 0.439. The molecule has 0 saturated carbocycles. The van der Waals surface area contributed by atoms with Gasteiger partial charge in [-0.05, 0) is 70.8 Å². The van der Waals surface area contributed by atoms with Crippen LogP contribution in [0.4, 0.5) is 0 Å². The molecule has 0 fully saturated rings. The summed E-state index contributed by atoms with van der Waals surface area (Å²) in [5.74, 6) is 6.65. The molecule has 6 rings (SSSR count). The monoisotopic (exact) mass is 410 g/mol. The summed E-state index contributed by atoms with van der Waals surface area (Å²) in [7, 11) is 0. The summed E-state index contributed by atoms with van der Waals surface area (Å²) < 4.78 is 19.6. The van der Waals surface area contributed by atoms with Crippen LogP contribution >= 0.6 is 0 Å². The first-order valence-electron chi connectivity index (χ1n) is 11.4. The zero-order valence-corrected chi connectivity index (χ0v) is 19.0. The second-order valence-corrected chi connectivity index (χ2v) is 10.00. The van der Waals surface area contributed by atoms with Gasteiger partial charge < -0.3 is 14.2 Å². The fourth-order valence-corrected chi connectivity index (χ4v) is 5.01. The van der Waals surface area contributed by atoms with Crippen LogP contribution < -0.4 is 30.6 Å². The Morgan fingerprint density at radius 1 is 0.452 bits per heavy atom. The molecule has 0 atom stereocenters. The summed E-state index contributed by atoms with van der Waals surface area (Å²) in [6.45, 7) is 13.3. The molecule has 156 valence electrons. The van der Waals surface area contributed by atoms with E-state index in [9.17, 15) is 0 Å². The van der Waals surface area contributed by atoms with E-state index in [-0.39, 0.29) is 6.71 Å². The van der Waals surface area contributed by atoms with Crippen LogP contribution in [-0.2, 0) is 0 Å². The Morgan fingerprint density at radius 2 is 0.677 bits per heavy atom. The summed E-state index contributed by atoms with van der Waals surface area (Å²) in [6, 6.07) is 13.2. The maximum Gasteiger partial charge on any atom is 0.270 e. The molecule has 0 radical (unpaired) electrons. The van der Waals surface area contributed by atoms with Gasteiger partial charge in [-0.25, -0.2) is 0 Å². The topological polar surface area (TPSA) is 27.7 Å². The van der Waals surface area contributed by atoms with Crippen molar-refractivity contribution in [3.8, 4) is 34.5 Å². The molecule has 0 aromatic heterocycles. The van der Waals surface area contributed by atoms with Crippen molar-refractivity contribution in [1.29, 1.82) is 0 Å². The van der Waals surface area contributed by atoms with Crippen LogP contribution in [0.15, 0.2) is 36.4 Å². The molecular weight excluding hydrogens is 383 g/mol. The number of ether oxygens (including phenoxy) is 3. The molecule has 0 N–H and O–H groups in total. The van der Waals surface area contributed by atoms with Crippen molar-refractivity contribution in [3.63, 3.8) is 0 Å². The van der Waals surface area contributed by atoms with E-state index in [0.717, 1.165) is 50.9 Å². The zero-order valence-electron chi connectivity index (χ0n) is 19.0. The minimum atomic E-state index is 0.0832. The minimum Gasteiger partial charge on any atom is -0.458 e. The molecule has 3 aromatic carbocycles. The Morgan fingerprint density at radius 3 is 0.871 bits per heavy atom. The van der Waals surface area contributed by atoms with E-state index in [0.29, 0.717) is 17.8 Å². The van der Waals surface area contributed by atoms with Gasteiger partial charge in [0.1, 0.15) is 34.5 Å². The first kappa shape index (κ1) is 18.9. The number of rotatable bonds is 3. The first-order chi connectivity index (χ1) is 14.8. The molecule has 0 amide bonds. The first-order valence-corrected chi connectivity index (χ1v) is 11.4. The maximum atomic E-state index is 6.53. The predicted molar refractivity (Wildman–Crippen MR) is 126 cm³/mol. The predicted octanol–water partition coefficient (Wildman–Crippen LogP) is 5.89. The van der Waals surface area contributed by atoms with Gasteiger partial charge in [0.2, 0.25) is 0 Å². The van der Waals surface area contributed by atoms with Crippen LogP contribution in [0.2, 0.25) is 0 Å². The smallest absolute Gasteiger partial charge is 0.270 e. The van der Waals surface area contributed by atoms with E-state index in [2.05, 4.69) is 77.9 Å². The third-order valence-corrected chi connectivity index (χ3v) is 6.91. The molecule has 3 aliphatic heterocycles. The number of hydrogen-bond donors (Lipinski definition) is 0. The van der Waals surface area contributed by atoms with E-state index >= 15 is 0 Å². The Bertz CT molecular complexity index is 1030. The van der Waals surface area contributed by atoms with Crippen molar-refractivity contribution in [3.05, 3.63) is 53.1 Å². The average Bonchev–Trinajstić information content (AvgIpc) is 2.72. The quantitative estimate of drug-likeness (QED) is 0.341. The molecule has 0 bridgehead atoms. The molecule has 3 aromatic rings. The number of hydrogen-bond acceptors (Lipinski definition) is 3. The summed E-state index contributed by atoms with van der Waals surface area (Å²) in [6.07, 6.45) is 0. The van der Waals surface area contributed by atoms with Crippen LogP contribution in [0.25, 0.3) is 0 Å². The molecule has 31 heavy (non-hydrogen) atoms. The highest BCUT2D eigenvalue weighted by atomic mass is 16.5. The molecule has 0 aliphatic carbocycles. The lowest BCUT2D eigenvalue weighted by atomic mass is 9.33. The highest BCUT2D eigenvalue weighted by molar-refractivity contribution is 6.99. The van der Waals surface area contributed by atoms with Crippen LogP contribution in [0.5, 0.6) is 34.5 Å².